The maximum absolute atomic E-state index is 5.82. The van der Waals surface area contributed by atoms with E-state index in [0.29, 0.717) is 16.9 Å². The number of rotatable bonds is 4. The zero-order valence-corrected chi connectivity index (χ0v) is 10.2. The van der Waals surface area contributed by atoms with E-state index < -0.39 is 5.60 Å². The van der Waals surface area contributed by atoms with Crippen molar-refractivity contribution in [2.45, 2.75) is 26.1 Å². The molecule has 0 saturated carbocycles. The van der Waals surface area contributed by atoms with Gasteiger partial charge in [-0.25, -0.2) is 4.98 Å². The molecule has 0 fully saturated rings. The standard InChI is InChI=1S/C11H13ClN2O2/c1-5-11(2,3)16-10-6-8(12)13-9(14-10)7-15-4/h1,6H,7H2,2-4H3. The van der Waals surface area contributed by atoms with E-state index in [1.165, 1.54) is 6.07 Å². The van der Waals surface area contributed by atoms with Gasteiger partial charge in [-0.3, -0.25) is 0 Å². The van der Waals surface area contributed by atoms with E-state index in [2.05, 4.69) is 15.9 Å². The summed E-state index contributed by atoms with van der Waals surface area (Å²) >= 11 is 5.82. The second-order valence-corrected chi connectivity index (χ2v) is 4.02. The van der Waals surface area contributed by atoms with Crippen molar-refractivity contribution < 1.29 is 9.47 Å². The van der Waals surface area contributed by atoms with Gasteiger partial charge in [0.1, 0.15) is 11.8 Å². The Labute approximate surface area is 100.0 Å². The molecule has 1 heterocycles. The highest BCUT2D eigenvalue weighted by molar-refractivity contribution is 6.29. The van der Waals surface area contributed by atoms with Crippen LogP contribution in [-0.4, -0.2) is 22.7 Å². The van der Waals surface area contributed by atoms with E-state index in [-0.39, 0.29) is 6.61 Å². The number of methoxy groups -OCH3 is 1. The molecule has 1 rings (SSSR count). The van der Waals surface area contributed by atoms with Crippen molar-refractivity contribution in [2.75, 3.05) is 7.11 Å². The van der Waals surface area contributed by atoms with Crippen molar-refractivity contribution in [3.8, 4) is 18.2 Å². The summed E-state index contributed by atoms with van der Waals surface area (Å²) < 4.78 is 10.4. The summed E-state index contributed by atoms with van der Waals surface area (Å²) in [6.07, 6.45) is 5.31. The molecule has 0 aliphatic carbocycles. The third-order valence-electron chi connectivity index (χ3n) is 1.70. The van der Waals surface area contributed by atoms with Crippen LogP contribution in [0.5, 0.6) is 5.88 Å². The molecule has 0 aromatic carbocycles. The number of aromatic nitrogens is 2. The minimum atomic E-state index is -0.734. The van der Waals surface area contributed by atoms with Crippen LogP contribution >= 0.6 is 11.6 Å². The fourth-order valence-electron chi connectivity index (χ4n) is 0.979. The highest BCUT2D eigenvalue weighted by Crippen LogP contribution is 2.19. The van der Waals surface area contributed by atoms with Crippen LogP contribution in [0.1, 0.15) is 19.7 Å². The Kier molecular flexibility index (Phi) is 4.11. The van der Waals surface area contributed by atoms with Gasteiger partial charge in [-0.05, 0) is 13.8 Å². The molecular formula is C11H13ClN2O2. The normalized spacial score (nSPS) is 10.9. The largest absolute Gasteiger partial charge is 0.458 e. The summed E-state index contributed by atoms with van der Waals surface area (Å²) in [6.45, 7) is 3.80. The predicted molar refractivity (Wildman–Crippen MR) is 61.3 cm³/mol. The highest BCUT2D eigenvalue weighted by Gasteiger charge is 2.17. The average molecular weight is 241 g/mol. The molecule has 0 aliphatic heterocycles. The lowest BCUT2D eigenvalue weighted by Gasteiger charge is -2.19. The van der Waals surface area contributed by atoms with Gasteiger partial charge in [0.2, 0.25) is 5.88 Å². The number of nitrogens with zero attached hydrogens (tertiary/aromatic N) is 2. The molecule has 0 saturated heterocycles. The summed E-state index contributed by atoms with van der Waals surface area (Å²) in [5, 5.41) is 0.296. The number of ether oxygens (including phenoxy) is 2. The van der Waals surface area contributed by atoms with Crippen molar-refractivity contribution >= 4 is 11.6 Å². The first-order valence-electron chi connectivity index (χ1n) is 4.66. The Morgan fingerprint density at radius 1 is 1.50 bits per heavy atom. The van der Waals surface area contributed by atoms with E-state index in [1.54, 1.807) is 21.0 Å². The first-order valence-corrected chi connectivity index (χ1v) is 5.04. The Balaban J connectivity index is 2.93. The predicted octanol–water partition coefficient (Wildman–Crippen LogP) is 2.07. The summed E-state index contributed by atoms with van der Waals surface area (Å²) in [5.41, 5.74) is -0.734. The zero-order chi connectivity index (χ0) is 12.2. The highest BCUT2D eigenvalue weighted by atomic mass is 35.5. The van der Waals surface area contributed by atoms with Gasteiger partial charge in [0.05, 0.1) is 0 Å². The van der Waals surface area contributed by atoms with E-state index in [0.717, 1.165) is 0 Å². The molecule has 1 aromatic rings. The van der Waals surface area contributed by atoms with E-state index in [1.807, 2.05) is 0 Å². The van der Waals surface area contributed by atoms with Gasteiger partial charge >= 0.3 is 0 Å². The first kappa shape index (κ1) is 12.8. The first-order chi connectivity index (χ1) is 7.46. The SMILES string of the molecule is C#CC(C)(C)Oc1cc(Cl)nc(COC)n1. The van der Waals surface area contributed by atoms with Crippen LogP contribution in [0.3, 0.4) is 0 Å². The monoisotopic (exact) mass is 240 g/mol. The van der Waals surface area contributed by atoms with Crippen molar-refractivity contribution in [1.82, 2.24) is 9.97 Å². The second kappa shape index (κ2) is 5.15. The molecule has 4 nitrogen and oxygen atoms in total. The molecule has 16 heavy (non-hydrogen) atoms. The van der Waals surface area contributed by atoms with Crippen LogP contribution in [0.25, 0.3) is 0 Å². The third kappa shape index (κ3) is 3.69. The van der Waals surface area contributed by atoms with Gasteiger partial charge in [-0.2, -0.15) is 4.98 Å². The van der Waals surface area contributed by atoms with Gasteiger partial charge in [-0.1, -0.05) is 17.5 Å². The number of terminal acetylenes is 1. The number of hydrogen-bond donors (Lipinski definition) is 0. The summed E-state index contributed by atoms with van der Waals surface area (Å²) in [5.74, 6) is 3.30. The summed E-state index contributed by atoms with van der Waals surface area (Å²) in [7, 11) is 1.55. The van der Waals surface area contributed by atoms with Crippen LogP contribution in [0, 0.1) is 12.3 Å². The zero-order valence-electron chi connectivity index (χ0n) is 9.45. The summed E-state index contributed by atoms with van der Waals surface area (Å²) in [4.78, 5) is 8.10. The van der Waals surface area contributed by atoms with Crippen molar-refractivity contribution in [2.24, 2.45) is 0 Å². The third-order valence-corrected chi connectivity index (χ3v) is 1.89. The molecular weight excluding hydrogens is 228 g/mol. The van der Waals surface area contributed by atoms with E-state index in [4.69, 9.17) is 27.5 Å². The molecule has 0 atom stereocenters. The minimum absolute atomic E-state index is 0.271. The van der Waals surface area contributed by atoms with Crippen LogP contribution in [-0.2, 0) is 11.3 Å². The fraction of sp³-hybridized carbons (Fsp3) is 0.455. The Morgan fingerprint density at radius 3 is 2.75 bits per heavy atom. The quantitative estimate of drug-likeness (QED) is 0.597. The van der Waals surface area contributed by atoms with E-state index >= 15 is 0 Å². The molecule has 5 heteroatoms. The molecule has 0 bridgehead atoms. The minimum Gasteiger partial charge on any atom is -0.458 e. The lowest BCUT2D eigenvalue weighted by atomic mass is 10.1. The van der Waals surface area contributed by atoms with Crippen molar-refractivity contribution in [3.63, 3.8) is 0 Å². The topological polar surface area (TPSA) is 44.2 Å². The van der Waals surface area contributed by atoms with Gasteiger partial charge in [0.15, 0.2) is 11.4 Å². The Hall–Kier alpha value is -1.31. The number of hydrogen-bond acceptors (Lipinski definition) is 4. The molecule has 1 aromatic heterocycles. The van der Waals surface area contributed by atoms with Crippen molar-refractivity contribution in [3.05, 3.63) is 17.0 Å². The molecule has 86 valence electrons. The van der Waals surface area contributed by atoms with Gasteiger partial charge in [0, 0.05) is 13.2 Å². The van der Waals surface area contributed by atoms with Crippen LogP contribution < -0.4 is 4.74 Å². The fourth-order valence-corrected chi connectivity index (χ4v) is 1.17. The molecule has 0 unspecified atom stereocenters. The maximum atomic E-state index is 5.82. The average Bonchev–Trinajstić information content (AvgIpc) is 2.16. The number of halogens is 1. The second-order valence-electron chi connectivity index (χ2n) is 3.63. The van der Waals surface area contributed by atoms with Gasteiger partial charge in [-0.15, -0.1) is 6.42 Å². The van der Waals surface area contributed by atoms with Crippen LogP contribution in [0.2, 0.25) is 5.15 Å². The molecule has 0 amide bonds. The van der Waals surface area contributed by atoms with Gasteiger partial charge in [0.25, 0.3) is 0 Å². The molecule has 0 N–H and O–H groups in total. The van der Waals surface area contributed by atoms with Crippen LogP contribution in [0.4, 0.5) is 0 Å². The maximum Gasteiger partial charge on any atom is 0.219 e. The van der Waals surface area contributed by atoms with Crippen LogP contribution in [0.15, 0.2) is 6.07 Å². The summed E-state index contributed by atoms with van der Waals surface area (Å²) in [6, 6.07) is 1.51. The Bertz CT molecular complexity index is 413. The molecule has 0 spiro atoms. The van der Waals surface area contributed by atoms with Gasteiger partial charge < -0.3 is 9.47 Å². The molecule has 0 aliphatic rings. The Morgan fingerprint density at radius 2 is 2.19 bits per heavy atom. The lowest BCUT2D eigenvalue weighted by Crippen LogP contribution is -2.26. The van der Waals surface area contributed by atoms with Crippen molar-refractivity contribution in [1.29, 1.82) is 0 Å². The van der Waals surface area contributed by atoms with E-state index in [9.17, 15) is 0 Å². The lowest BCUT2D eigenvalue weighted by molar-refractivity contribution is 0.156. The molecule has 0 radical (unpaired) electrons. The smallest absolute Gasteiger partial charge is 0.219 e.